The predicted octanol–water partition coefficient (Wildman–Crippen LogP) is 23.2. The fourth-order valence-corrected chi connectivity index (χ4v) is 19.6. The minimum absolute atomic E-state index is 0.00753. The second-order valence-corrected chi connectivity index (χ2v) is 40.1. The number of hydrogen-bond acceptors (Lipinski definition) is 18. The number of anilines is 4. The molecule has 0 spiro atoms. The van der Waals surface area contributed by atoms with E-state index in [0.29, 0.717) is 57.0 Å². The number of carbonyl (C=O) groups is 2. The van der Waals surface area contributed by atoms with Gasteiger partial charge in [0.15, 0.2) is 4.71 Å². The Labute approximate surface area is 721 Å². The number of carbonyl (C=O) groups excluding carboxylic acids is 2. The third-order valence-electron chi connectivity index (χ3n) is 26.7. The van der Waals surface area contributed by atoms with E-state index in [9.17, 15) is 30.0 Å². The van der Waals surface area contributed by atoms with Crippen LogP contribution in [0.2, 0.25) is 0 Å². The first-order valence-corrected chi connectivity index (χ1v) is 43.3. The molecule has 0 saturated heterocycles. The Hall–Kier alpha value is -10.9. The van der Waals surface area contributed by atoms with Gasteiger partial charge >= 0.3 is 11.6 Å². The fraction of sp³-hybridized carbons (Fsp3) is 0.490. The molecule has 121 heavy (non-hydrogen) atoms. The van der Waals surface area contributed by atoms with Crippen molar-refractivity contribution in [3.63, 3.8) is 0 Å². The first-order valence-electron chi connectivity index (χ1n) is 42.9. The summed E-state index contributed by atoms with van der Waals surface area (Å²) >= 11 is 5.38. The van der Waals surface area contributed by atoms with Crippen molar-refractivity contribution in [2.75, 3.05) is 78.6 Å². The SMILES string of the molecule is CC1(C)CCN2CCC(C)(C)c3c(O)ccc1c32.CC1=CC(=C(C#N)C#N)C=C(/C=C2\C=C(C)c3cc4c5c(c3O2)C(C)(C)CCN5CCC4(C)C)O1.CCOC(=O)CC(C)=O.Cc1cc(=O)oc2c3c4c(cc12)C(C)(C)CCN4CCC3(C)C.Cc1cc(=S)oc2c3c4c(cc12)C(C)(C)CCN4CCC3(C)C.[C-]#[N+]C(C#N)=C1C=C(C)OC(C)=C1. The number of aromatic hydroxyl groups is 1. The molecule has 13 heterocycles. The highest BCUT2D eigenvalue weighted by molar-refractivity contribution is 7.71. The largest absolute Gasteiger partial charge is 0.508 e. The Morgan fingerprint density at radius 3 is 1.40 bits per heavy atom. The van der Waals surface area contributed by atoms with Crippen LogP contribution in [0.25, 0.3) is 32.4 Å². The van der Waals surface area contributed by atoms with Crippen molar-refractivity contribution < 1.29 is 42.5 Å². The highest BCUT2D eigenvalue weighted by atomic mass is 32.1. The fourth-order valence-electron chi connectivity index (χ4n) is 19.3. The summed E-state index contributed by atoms with van der Waals surface area (Å²) in [6, 6.07) is 20.4. The van der Waals surface area contributed by atoms with E-state index < -0.39 is 5.97 Å². The van der Waals surface area contributed by atoms with Crippen LogP contribution in [0.1, 0.15) is 271 Å². The number of esters is 1. The molecule has 11 aliphatic heterocycles. The van der Waals surface area contributed by atoms with Crippen molar-refractivity contribution in [3.8, 4) is 29.7 Å². The second-order valence-electron chi connectivity index (χ2n) is 39.7. The number of rotatable bonds is 4. The summed E-state index contributed by atoms with van der Waals surface area (Å²) in [6.45, 7) is 67.9. The minimum atomic E-state index is -0.440. The Balaban J connectivity index is 0.000000139. The van der Waals surface area contributed by atoms with Gasteiger partial charge in [-0.3, -0.25) is 9.59 Å². The molecule has 6 aromatic rings. The molecule has 1 N–H and O–H groups in total. The number of nitrogens with zero attached hydrogens (tertiary/aromatic N) is 8. The summed E-state index contributed by atoms with van der Waals surface area (Å²) in [5, 5.41) is 39.9. The van der Waals surface area contributed by atoms with E-state index in [1.54, 1.807) is 51.1 Å². The molecule has 0 aliphatic carbocycles. The maximum Gasteiger partial charge on any atom is 0.336 e. The van der Waals surface area contributed by atoms with E-state index in [0.717, 1.165) is 123 Å². The first kappa shape index (κ1) is 89.4. The van der Waals surface area contributed by atoms with E-state index in [-0.39, 0.29) is 72.4 Å². The van der Waals surface area contributed by atoms with Gasteiger partial charge in [-0.1, -0.05) is 117 Å². The van der Waals surface area contributed by atoms with E-state index in [1.165, 1.54) is 104 Å². The molecule has 19 heteroatoms. The molecule has 0 fully saturated rings. The molecule has 17 rings (SSSR count). The predicted molar refractivity (Wildman–Crippen MR) is 487 cm³/mol. The zero-order valence-corrected chi connectivity index (χ0v) is 76.7. The van der Waals surface area contributed by atoms with Crippen LogP contribution in [0.3, 0.4) is 0 Å². The lowest BCUT2D eigenvalue weighted by Crippen LogP contribution is -2.45. The number of aryl methyl sites for hydroxylation is 2. The van der Waals surface area contributed by atoms with Crippen molar-refractivity contribution in [1.29, 1.82) is 15.8 Å². The number of allylic oxidation sites excluding steroid dienone is 14. The molecule has 0 atom stereocenters. The number of phenolic OH excluding ortho intramolecular Hbond substituents is 1. The first-order chi connectivity index (χ1) is 56.6. The molecule has 0 radical (unpaired) electrons. The second kappa shape index (κ2) is 33.5. The highest BCUT2D eigenvalue weighted by Gasteiger charge is 2.48. The molecule has 0 amide bonds. The zero-order valence-electron chi connectivity index (χ0n) is 75.8. The van der Waals surface area contributed by atoms with E-state index in [4.69, 9.17) is 47.1 Å². The minimum Gasteiger partial charge on any atom is -0.508 e. The van der Waals surface area contributed by atoms with Crippen molar-refractivity contribution in [1.82, 2.24) is 0 Å². The van der Waals surface area contributed by atoms with Crippen LogP contribution in [-0.2, 0) is 67.1 Å². The van der Waals surface area contributed by atoms with E-state index >= 15 is 0 Å². The number of phenols is 1. The Bertz CT molecular complexity index is 5660. The monoisotopic (exact) mass is 1650 g/mol. The average molecular weight is 1650 g/mol. The standard InChI is InChI=1S/C30H31N3O2.C20H25NO2.C20H25NOS.C16H23NO.C10H8N2O.C6H10O3/c1-18-11-22(14-23-13-20(12-19(2)34-23)21(16-31)17-32)35-28-24(18)15-25-27-26(28)30(5,6)8-10-33(27)9-7-29(25,3)4;1-12-10-15(22)23-18-13(12)11-14-17-16(18)20(4,5)7-9-21(17)8-6-19(14,2)3;1-12-10-15(23)22-18-13(12)11-14-17-16(18)20(4,5)7-9-21(17)8-6-19(14,2)3;1-15(2)7-9-17-10-8-16(3,4)13-12(18)6-5-11(15)14(13)17;1-7-4-9(5-8(2)13-7)10(6-11)12-3;1-3-9-6(8)4-5(2)7/h11-15H,7-10H2,1-6H3;2*10-11H,6-9H2,1-5H3;5-6,18H,7-10H2,1-4H3;4-5H,1-2H3;3-4H2,1-2H3/b22-14+;;;;;. The van der Waals surface area contributed by atoms with Gasteiger partial charge in [-0.05, 0) is 268 Å². The Morgan fingerprint density at radius 2 is 0.934 bits per heavy atom. The summed E-state index contributed by atoms with van der Waals surface area (Å²) in [7, 11) is 0. The third-order valence-corrected chi connectivity index (χ3v) is 26.9. The van der Waals surface area contributed by atoms with Gasteiger partial charge in [-0.15, -0.1) is 0 Å². The lowest BCUT2D eigenvalue weighted by molar-refractivity contribution is -0.145. The summed E-state index contributed by atoms with van der Waals surface area (Å²) < 4.78 is 34.7. The molecule has 636 valence electrons. The zero-order chi connectivity index (χ0) is 88.5. The molecule has 11 aliphatic rings. The number of hydrogen-bond donors (Lipinski definition) is 1. The smallest absolute Gasteiger partial charge is 0.336 e. The average Bonchev–Trinajstić information content (AvgIpc) is 0.720. The normalized spacial score (nSPS) is 20.3. The molecule has 0 saturated carbocycles. The number of ether oxygens (including phenoxy) is 4. The van der Waals surface area contributed by atoms with Crippen molar-refractivity contribution in [3.05, 3.63) is 218 Å². The van der Waals surface area contributed by atoms with Crippen LogP contribution >= 0.6 is 12.2 Å². The topological polar surface area (TPSA) is 223 Å². The molecule has 0 unspecified atom stereocenters. The number of Topliss-reactive ketones (excluding diaryl/α,β-unsaturated/α-hetero) is 1. The van der Waals surface area contributed by atoms with E-state index in [1.807, 2.05) is 56.3 Å². The van der Waals surface area contributed by atoms with Crippen LogP contribution in [0.4, 0.5) is 22.7 Å². The van der Waals surface area contributed by atoms with Gasteiger partial charge in [0, 0.05) is 131 Å². The number of ketones is 1. The quantitative estimate of drug-likeness (QED) is 0.0432. The molecule has 4 aromatic carbocycles. The summed E-state index contributed by atoms with van der Waals surface area (Å²) in [5.74, 6) is 4.07. The summed E-state index contributed by atoms with van der Waals surface area (Å²) in [5.41, 5.74) is 24.6. The van der Waals surface area contributed by atoms with Crippen LogP contribution in [-0.4, -0.2) is 75.8 Å². The Morgan fingerprint density at radius 1 is 0.521 bits per heavy atom. The van der Waals surface area contributed by atoms with Gasteiger partial charge in [-0.25, -0.2) is 14.9 Å². The number of nitriles is 3. The Kier molecular flexibility index (Phi) is 24.8. The molecule has 0 bridgehead atoms. The number of benzene rings is 4. The van der Waals surface area contributed by atoms with Gasteiger partial charge in [0.25, 0.3) is 5.70 Å². The van der Waals surface area contributed by atoms with Crippen LogP contribution in [0.15, 0.2) is 144 Å². The van der Waals surface area contributed by atoms with Gasteiger partial charge in [0.05, 0.1) is 30.8 Å². The molecular weight excluding hydrogens is 1530 g/mol. The summed E-state index contributed by atoms with van der Waals surface area (Å²) in [4.78, 5) is 45.9. The van der Waals surface area contributed by atoms with Crippen LogP contribution in [0, 0.1) is 59.1 Å². The molecule has 18 nitrogen and oxygen atoms in total. The highest BCUT2D eigenvalue weighted by Crippen LogP contribution is 2.59. The van der Waals surface area contributed by atoms with Gasteiger partial charge in [0.1, 0.15) is 69.9 Å². The van der Waals surface area contributed by atoms with Crippen molar-refractivity contribution in [2.24, 2.45) is 0 Å². The van der Waals surface area contributed by atoms with Crippen LogP contribution in [0.5, 0.6) is 11.5 Å². The van der Waals surface area contributed by atoms with Gasteiger partial charge < -0.3 is 52.5 Å². The number of fused-ring (bicyclic) bond motifs is 6. The van der Waals surface area contributed by atoms with Crippen molar-refractivity contribution in [2.45, 2.75) is 267 Å². The summed E-state index contributed by atoms with van der Waals surface area (Å²) in [6.07, 6.45) is 19.8. The maximum absolute atomic E-state index is 12.0. The lowest BCUT2D eigenvalue weighted by Gasteiger charge is -2.49. The van der Waals surface area contributed by atoms with Gasteiger partial charge in [-0.2, -0.15) is 10.5 Å². The van der Waals surface area contributed by atoms with Gasteiger partial charge in [0.2, 0.25) is 0 Å². The lowest BCUT2D eigenvalue weighted by atomic mass is 9.68. The molecular formula is C102H122N8O10S. The third kappa shape index (κ3) is 17.8. The van der Waals surface area contributed by atoms with E-state index in [2.05, 4.69) is 178 Å². The van der Waals surface area contributed by atoms with Crippen LogP contribution < -0.4 is 30.0 Å². The molecule has 2 aromatic heterocycles. The van der Waals surface area contributed by atoms with Crippen molar-refractivity contribution >= 4 is 74.2 Å². The maximum atomic E-state index is 12.0.